The summed E-state index contributed by atoms with van der Waals surface area (Å²) in [5.41, 5.74) is 0.693. The number of benzene rings is 1. The summed E-state index contributed by atoms with van der Waals surface area (Å²) in [6, 6.07) is 7.97. The highest BCUT2D eigenvalue weighted by molar-refractivity contribution is 8.02. The van der Waals surface area contributed by atoms with Crippen LogP contribution in [-0.4, -0.2) is 62.0 Å². The number of likely N-dealkylation sites (tertiary alicyclic amines) is 1. The highest BCUT2D eigenvalue weighted by atomic mass is 32.2. The maximum Gasteiger partial charge on any atom is 0.244 e. The summed E-state index contributed by atoms with van der Waals surface area (Å²) in [5.74, 6) is -1.70. The number of amides is 3. The summed E-state index contributed by atoms with van der Waals surface area (Å²) in [5, 5.41) is 15.8. The van der Waals surface area contributed by atoms with E-state index in [-0.39, 0.29) is 30.4 Å². The highest BCUT2D eigenvalue weighted by Crippen LogP contribution is 2.71. The minimum Gasteiger partial charge on any atom is -0.394 e. The fourth-order valence-electron chi connectivity index (χ4n) is 5.73. The minimum atomic E-state index is -0.698. The lowest BCUT2D eigenvalue weighted by Gasteiger charge is -2.36. The number of rotatable bonds is 6. The zero-order valence-electron chi connectivity index (χ0n) is 18.4. The number of aliphatic hydroxyl groups is 1. The fraction of sp³-hybridized carbons (Fsp3) is 0.609. The Kier molecular flexibility index (Phi) is 5.58. The Bertz CT molecular complexity index is 894. The van der Waals surface area contributed by atoms with Crippen LogP contribution in [0.25, 0.3) is 0 Å². The van der Waals surface area contributed by atoms with E-state index in [0.29, 0.717) is 12.1 Å². The Morgan fingerprint density at radius 1 is 1.19 bits per heavy atom. The van der Waals surface area contributed by atoms with Crippen molar-refractivity contribution in [3.63, 3.8) is 0 Å². The largest absolute Gasteiger partial charge is 0.394 e. The van der Waals surface area contributed by atoms with Gasteiger partial charge in [0.25, 0.3) is 0 Å². The molecule has 1 aromatic rings. The van der Waals surface area contributed by atoms with Crippen molar-refractivity contribution in [3.8, 4) is 0 Å². The minimum absolute atomic E-state index is 0.0688. The number of hydrogen-bond donors (Lipinski definition) is 3. The Hall–Kier alpha value is -2.06. The molecule has 4 rings (SSSR count). The number of fused-ring (bicyclic) bond motifs is 1. The number of anilines is 1. The molecule has 3 amide bonds. The summed E-state index contributed by atoms with van der Waals surface area (Å²) in [6.45, 7) is 7.34. The van der Waals surface area contributed by atoms with Crippen LogP contribution in [0.2, 0.25) is 0 Å². The van der Waals surface area contributed by atoms with Crippen molar-refractivity contribution in [3.05, 3.63) is 30.3 Å². The van der Waals surface area contributed by atoms with Gasteiger partial charge in [-0.3, -0.25) is 14.4 Å². The summed E-state index contributed by atoms with van der Waals surface area (Å²) < 4.78 is -1.07. The predicted molar refractivity (Wildman–Crippen MR) is 120 cm³/mol. The van der Waals surface area contributed by atoms with E-state index >= 15 is 0 Å². The number of aliphatic hydroxyl groups excluding tert-OH is 1. The second-order valence-corrected chi connectivity index (χ2v) is 11.4. The molecule has 3 fully saturated rings. The van der Waals surface area contributed by atoms with E-state index in [0.717, 1.165) is 6.42 Å². The average molecular weight is 446 g/mol. The number of carbonyl (C=O) groups is 3. The maximum absolute atomic E-state index is 13.7. The Morgan fingerprint density at radius 2 is 1.87 bits per heavy atom. The molecule has 0 saturated carbocycles. The molecule has 2 bridgehead atoms. The smallest absolute Gasteiger partial charge is 0.244 e. The summed E-state index contributed by atoms with van der Waals surface area (Å²) >= 11 is 1.63. The quantitative estimate of drug-likeness (QED) is 0.622. The van der Waals surface area contributed by atoms with Gasteiger partial charge in [0.2, 0.25) is 17.7 Å². The predicted octanol–water partition coefficient (Wildman–Crippen LogP) is 2.01. The van der Waals surface area contributed by atoms with E-state index < -0.39 is 33.4 Å². The molecule has 3 aliphatic heterocycles. The molecule has 168 valence electrons. The monoisotopic (exact) mass is 445 g/mol. The van der Waals surface area contributed by atoms with Gasteiger partial charge in [-0.2, -0.15) is 0 Å². The third kappa shape index (κ3) is 3.35. The average Bonchev–Trinajstić information content (AvgIpc) is 3.28. The third-order valence-electron chi connectivity index (χ3n) is 6.96. The van der Waals surface area contributed by atoms with Crippen LogP contribution >= 0.6 is 11.8 Å². The summed E-state index contributed by atoms with van der Waals surface area (Å²) in [4.78, 5) is 42.0. The molecule has 6 atom stereocenters. The van der Waals surface area contributed by atoms with Gasteiger partial charge in [-0.15, -0.1) is 11.8 Å². The first kappa shape index (κ1) is 22.1. The molecular formula is C23H31N3O4S. The molecule has 31 heavy (non-hydrogen) atoms. The third-order valence-corrected chi connectivity index (χ3v) is 8.94. The van der Waals surface area contributed by atoms with Crippen LogP contribution in [-0.2, 0) is 14.4 Å². The van der Waals surface area contributed by atoms with Gasteiger partial charge >= 0.3 is 0 Å². The normalized spacial score (nSPS) is 34.7. The van der Waals surface area contributed by atoms with Crippen LogP contribution < -0.4 is 10.6 Å². The maximum atomic E-state index is 13.7. The van der Waals surface area contributed by atoms with Gasteiger partial charge in [-0.25, -0.2) is 0 Å². The van der Waals surface area contributed by atoms with Crippen molar-refractivity contribution >= 4 is 35.2 Å². The van der Waals surface area contributed by atoms with Gasteiger partial charge in [0.1, 0.15) is 6.04 Å². The Labute approximate surface area is 187 Å². The molecule has 7 nitrogen and oxygen atoms in total. The van der Waals surface area contributed by atoms with E-state index in [9.17, 15) is 19.5 Å². The van der Waals surface area contributed by atoms with Crippen LogP contribution in [0.1, 0.15) is 40.5 Å². The van der Waals surface area contributed by atoms with Gasteiger partial charge in [-0.1, -0.05) is 18.2 Å². The molecule has 1 aromatic carbocycles. The van der Waals surface area contributed by atoms with E-state index in [1.165, 1.54) is 0 Å². The van der Waals surface area contributed by atoms with Crippen molar-refractivity contribution in [2.75, 3.05) is 11.9 Å². The molecule has 3 heterocycles. The fourth-order valence-corrected chi connectivity index (χ4v) is 8.07. The standard InChI is InChI=1S/C23H31N3O4S/c1-13(2)24-20(29)18-23-11-10-22(4,31-23)16(17(23)21(30)26(18)14(3)12-27)19(28)25-15-8-6-5-7-9-15/h5-9,13-14,16-18,27H,10-12H2,1-4H3,(H,24,29)(H,25,28)/t14-,16-,17+,18?,22+,23?/m1/s1. The molecule has 0 radical (unpaired) electrons. The van der Waals surface area contributed by atoms with Crippen molar-refractivity contribution in [1.82, 2.24) is 10.2 Å². The van der Waals surface area contributed by atoms with Crippen molar-refractivity contribution < 1.29 is 19.5 Å². The van der Waals surface area contributed by atoms with Crippen LogP contribution in [0, 0.1) is 11.8 Å². The number of carbonyl (C=O) groups excluding carboxylic acids is 3. The van der Waals surface area contributed by atoms with Crippen LogP contribution in [0.3, 0.4) is 0 Å². The number of nitrogens with zero attached hydrogens (tertiary/aromatic N) is 1. The number of hydrogen-bond acceptors (Lipinski definition) is 5. The van der Waals surface area contributed by atoms with Gasteiger partial charge in [-0.05, 0) is 52.7 Å². The molecule has 8 heteroatoms. The van der Waals surface area contributed by atoms with Gasteiger partial charge in [0, 0.05) is 16.5 Å². The zero-order valence-corrected chi connectivity index (χ0v) is 19.2. The lowest BCUT2D eigenvalue weighted by Crippen LogP contribution is -2.57. The van der Waals surface area contributed by atoms with E-state index in [4.69, 9.17) is 0 Å². The SMILES string of the molecule is CC(C)NC(=O)C1N([C@H](C)CO)C(=O)[C@@H]2[C@H](C(=O)Nc3ccccc3)[C@]3(C)CCC12S3. The Morgan fingerprint density at radius 3 is 2.48 bits per heavy atom. The van der Waals surface area contributed by atoms with E-state index in [1.807, 2.05) is 51.1 Å². The van der Waals surface area contributed by atoms with Gasteiger partial charge in [0.05, 0.1) is 29.2 Å². The van der Waals surface area contributed by atoms with Crippen LogP contribution in [0.4, 0.5) is 5.69 Å². The molecule has 1 spiro atoms. The van der Waals surface area contributed by atoms with Crippen molar-refractivity contribution in [1.29, 1.82) is 0 Å². The second kappa shape index (κ2) is 7.81. The first-order valence-electron chi connectivity index (χ1n) is 10.9. The number of para-hydroxylation sites is 1. The number of thioether (sulfide) groups is 1. The highest BCUT2D eigenvalue weighted by Gasteiger charge is 2.77. The molecule has 3 aliphatic rings. The topological polar surface area (TPSA) is 98.7 Å². The van der Waals surface area contributed by atoms with Crippen LogP contribution in [0.15, 0.2) is 30.3 Å². The molecule has 3 N–H and O–H groups in total. The van der Waals surface area contributed by atoms with E-state index in [2.05, 4.69) is 10.6 Å². The molecule has 0 aromatic heterocycles. The zero-order chi connectivity index (χ0) is 22.6. The first-order chi connectivity index (χ1) is 14.6. The van der Waals surface area contributed by atoms with Crippen molar-refractivity contribution in [2.45, 2.75) is 68.2 Å². The van der Waals surface area contributed by atoms with Gasteiger partial charge in [0.15, 0.2) is 0 Å². The first-order valence-corrected chi connectivity index (χ1v) is 11.8. The molecular weight excluding hydrogens is 414 g/mol. The molecule has 3 saturated heterocycles. The lowest BCUT2D eigenvalue weighted by atomic mass is 9.66. The molecule has 0 aliphatic carbocycles. The van der Waals surface area contributed by atoms with E-state index in [1.54, 1.807) is 23.6 Å². The summed E-state index contributed by atoms with van der Waals surface area (Å²) in [7, 11) is 0. The molecule has 2 unspecified atom stereocenters. The second-order valence-electron chi connectivity index (χ2n) is 9.52. The van der Waals surface area contributed by atoms with Crippen LogP contribution in [0.5, 0.6) is 0 Å². The number of nitrogens with one attached hydrogen (secondary N) is 2. The Balaban J connectivity index is 1.73. The lowest BCUT2D eigenvalue weighted by molar-refractivity contribution is -0.142. The van der Waals surface area contributed by atoms with Crippen molar-refractivity contribution in [2.24, 2.45) is 11.8 Å². The van der Waals surface area contributed by atoms with Gasteiger partial charge < -0.3 is 20.6 Å². The summed E-state index contributed by atoms with van der Waals surface area (Å²) in [6.07, 6.45) is 1.46.